The normalized spacial score (nSPS) is 11.8. The largest absolute Gasteiger partial charge is 0.492 e. The second-order valence-electron chi connectivity index (χ2n) is 12.6. The molecule has 0 radical (unpaired) electrons. The lowest BCUT2D eigenvalue weighted by Gasteiger charge is -2.05. The first-order chi connectivity index (χ1) is 26.5. The van der Waals surface area contributed by atoms with E-state index in [-0.39, 0.29) is 11.4 Å². The Morgan fingerprint density at radius 3 is 1.19 bits per heavy atom. The van der Waals surface area contributed by atoms with E-state index in [0.29, 0.717) is 13.2 Å². The van der Waals surface area contributed by atoms with Crippen LogP contribution in [0.2, 0.25) is 0 Å². The van der Waals surface area contributed by atoms with Crippen LogP contribution in [0.25, 0.3) is 69.9 Å². The number of nitrogens with zero attached hydrogens (tertiary/aromatic N) is 4. The number of unbranched alkanes of at least 4 members (excludes halogenated alkanes) is 8. The molecule has 0 unspecified atom stereocenters. The molecule has 0 bridgehead atoms. The summed E-state index contributed by atoms with van der Waals surface area (Å²) in [6.07, 6.45) is 14.8. The molecule has 0 amide bonds. The molecule has 274 valence electrons. The van der Waals surface area contributed by atoms with Crippen molar-refractivity contribution in [1.29, 1.82) is 10.5 Å². The van der Waals surface area contributed by atoms with Crippen molar-refractivity contribution >= 4 is 99.0 Å². The lowest BCUT2D eigenvalue weighted by atomic mass is 10.2. The summed E-state index contributed by atoms with van der Waals surface area (Å²) in [6.45, 7) is 20.4. The zero-order chi connectivity index (χ0) is 37.9. The van der Waals surface area contributed by atoms with E-state index in [0.717, 1.165) is 66.4 Å². The van der Waals surface area contributed by atoms with E-state index in [1.807, 2.05) is 12.1 Å². The maximum Gasteiger partial charge on any atom is 0.263 e. The van der Waals surface area contributed by atoms with Gasteiger partial charge in [0.1, 0.15) is 11.5 Å². The van der Waals surface area contributed by atoms with E-state index in [1.165, 1.54) is 67.1 Å². The Hall–Kier alpha value is -4.24. The molecule has 0 atom stereocenters. The number of rotatable bonds is 19. The second kappa shape index (κ2) is 19.4. The third kappa shape index (κ3) is 9.70. The standard InChI is InChI=1S/C42H38N4O2S6/c1-5-7-9-11-13-15-47-29-19-33(49-31(29)17-27(25-43)45-3)35-21-37-39(51-35)23-41(53-37)42-24-40-38(54-42)22-36(52-40)34-20-30(48-16-14-12-10-8-6-2)32(50-34)18-28(26-44)46-4/h17-24H,5-16H2,1-2H3/b27-17-,28-18+. The van der Waals surface area contributed by atoms with Gasteiger partial charge in [-0.05, 0) is 49.3 Å². The first-order valence-electron chi connectivity index (χ1n) is 18.1. The fraction of sp³-hybridized carbons (Fsp3) is 0.333. The molecule has 0 saturated carbocycles. The van der Waals surface area contributed by atoms with Crippen molar-refractivity contribution in [3.05, 3.63) is 80.4 Å². The highest BCUT2D eigenvalue weighted by atomic mass is 32.1. The smallest absolute Gasteiger partial charge is 0.263 e. The summed E-state index contributed by atoms with van der Waals surface area (Å²) in [5, 5.41) is 18.8. The van der Waals surface area contributed by atoms with Crippen molar-refractivity contribution in [3.63, 3.8) is 0 Å². The van der Waals surface area contributed by atoms with Crippen LogP contribution in [0.3, 0.4) is 0 Å². The molecule has 0 spiro atoms. The Morgan fingerprint density at radius 2 is 0.870 bits per heavy atom. The number of hydrogen-bond donors (Lipinski definition) is 0. The summed E-state index contributed by atoms with van der Waals surface area (Å²) in [5.41, 5.74) is 0.114. The number of nitriles is 2. The fourth-order valence-electron chi connectivity index (χ4n) is 5.81. The van der Waals surface area contributed by atoms with Gasteiger partial charge in [0.05, 0.1) is 48.3 Å². The molecule has 6 aromatic heterocycles. The molecule has 6 nitrogen and oxygen atoms in total. The van der Waals surface area contributed by atoms with Crippen LogP contribution < -0.4 is 9.47 Å². The molecule has 0 fully saturated rings. The first-order valence-corrected chi connectivity index (χ1v) is 23.0. The van der Waals surface area contributed by atoms with Gasteiger partial charge >= 0.3 is 0 Å². The summed E-state index contributed by atoms with van der Waals surface area (Å²) in [7, 11) is 0. The van der Waals surface area contributed by atoms with Gasteiger partial charge in [0, 0.05) is 60.2 Å². The van der Waals surface area contributed by atoms with Gasteiger partial charge in [-0.1, -0.05) is 65.2 Å². The van der Waals surface area contributed by atoms with Gasteiger partial charge in [-0.15, -0.1) is 68.0 Å². The second-order valence-corrected chi connectivity index (χ2v) is 19.1. The average Bonchev–Trinajstić information content (AvgIpc) is 4.02. The van der Waals surface area contributed by atoms with Gasteiger partial charge in [-0.2, -0.15) is 0 Å². The average molecular weight is 823 g/mol. The summed E-state index contributed by atoms with van der Waals surface area (Å²) in [6, 6.07) is 17.2. The summed E-state index contributed by atoms with van der Waals surface area (Å²) >= 11 is 10.2. The van der Waals surface area contributed by atoms with Crippen LogP contribution >= 0.6 is 68.0 Å². The maximum absolute atomic E-state index is 9.40. The van der Waals surface area contributed by atoms with E-state index in [4.69, 9.17) is 22.6 Å². The van der Waals surface area contributed by atoms with E-state index in [9.17, 15) is 10.5 Å². The zero-order valence-electron chi connectivity index (χ0n) is 30.2. The van der Waals surface area contributed by atoms with Crippen LogP contribution in [0.4, 0.5) is 0 Å². The lowest BCUT2D eigenvalue weighted by Crippen LogP contribution is -1.97. The number of hydrogen-bond acceptors (Lipinski definition) is 10. The minimum atomic E-state index is 0.0568. The van der Waals surface area contributed by atoms with Crippen LogP contribution in [0.1, 0.15) is 87.8 Å². The SMILES string of the molecule is [C-]#[N+]/C(C#N)=C\c1sc(-c2cc3sc(-c4cc5sc(-c6cc(OCCCCCCC)c(/C=C(\C#N)[N+]#[C-])s6)cc5s4)cc3s2)cc1OCCCCCCC. The molecule has 6 aromatic rings. The molecule has 0 aromatic carbocycles. The van der Waals surface area contributed by atoms with Crippen molar-refractivity contribution in [2.45, 2.75) is 78.1 Å². The van der Waals surface area contributed by atoms with Crippen molar-refractivity contribution in [2.75, 3.05) is 13.2 Å². The van der Waals surface area contributed by atoms with Crippen molar-refractivity contribution in [3.8, 4) is 52.9 Å². The molecule has 0 saturated heterocycles. The highest BCUT2D eigenvalue weighted by Gasteiger charge is 2.19. The Balaban J connectivity index is 1.19. The molecule has 0 aliphatic carbocycles. The third-order valence-electron chi connectivity index (χ3n) is 8.61. The minimum absolute atomic E-state index is 0.0568. The molecule has 0 aliphatic rings. The summed E-state index contributed by atoms with van der Waals surface area (Å²) in [5.74, 6) is 1.48. The van der Waals surface area contributed by atoms with E-state index in [1.54, 1.807) is 80.2 Å². The molecular weight excluding hydrogens is 785 g/mol. The van der Waals surface area contributed by atoms with Crippen LogP contribution in [0, 0.1) is 35.8 Å². The van der Waals surface area contributed by atoms with Gasteiger partial charge in [-0.3, -0.25) is 0 Å². The summed E-state index contributed by atoms with van der Waals surface area (Å²) in [4.78, 5) is 15.3. The fourth-order valence-corrected chi connectivity index (χ4v) is 12.9. The van der Waals surface area contributed by atoms with Gasteiger partial charge in [-0.25, -0.2) is 20.2 Å². The molecule has 0 aliphatic heterocycles. The maximum atomic E-state index is 9.40. The van der Waals surface area contributed by atoms with Crippen molar-refractivity contribution < 1.29 is 9.47 Å². The Labute approximate surface area is 341 Å². The predicted octanol–water partition coefficient (Wildman–Crippen LogP) is 15.6. The summed E-state index contributed by atoms with van der Waals surface area (Å²) < 4.78 is 17.3. The molecule has 12 heteroatoms. The van der Waals surface area contributed by atoms with Gasteiger partial charge < -0.3 is 9.47 Å². The molecular formula is C42H38N4O2S6. The molecule has 6 rings (SSSR count). The zero-order valence-corrected chi connectivity index (χ0v) is 35.1. The van der Waals surface area contributed by atoms with Gasteiger partial charge in [0.2, 0.25) is 0 Å². The molecule has 0 N–H and O–H groups in total. The van der Waals surface area contributed by atoms with Crippen molar-refractivity contribution in [1.82, 2.24) is 0 Å². The molecule has 54 heavy (non-hydrogen) atoms. The monoisotopic (exact) mass is 822 g/mol. The van der Waals surface area contributed by atoms with E-state index >= 15 is 0 Å². The minimum Gasteiger partial charge on any atom is -0.492 e. The Morgan fingerprint density at radius 1 is 0.537 bits per heavy atom. The number of fused-ring (bicyclic) bond motifs is 2. The number of ether oxygens (including phenoxy) is 2. The highest BCUT2D eigenvalue weighted by molar-refractivity contribution is 7.36. The Bertz CT molecular complexity index is 2190. The van der Waals surface area contributed by atoms with E-state index < -0.39 is 0 Å². The van der Waals surface area contributed by atoms with Crippen LogP contribution in [-0.2, 0) is 0 Å². The molecule has 6 heterocycles. The number of thiophene rings is 6. The quantitative estimate of drug-likeness (QED) is 0.0463. The first kappa shape index (κ1) is 39.5. The number of allylic oxidation sites excluding steroid dienone is 2. The topological polar surface area (TPSA) is 74.8 Å². The van der Waals surface area contributed by atoms with E-state index in [2.05, 4.69) is 59.9 Å². The van der Waals surface area contributed by atoms with Gasteiger partial charge in [0.15, 0.2) is 0 Å². The third-order valence-corrected chi connectivity index (χ3v) is 15.9. The van der Waals surface area contributed by atoms with Crippen LogP contribution in [0.5, 0.6) is 11.5 Å². The Kier molecular flexibility index (Phi) is 14.2. The van der Waals surface area contributed by atoms with Gasteiger partial charge in [0.25, 0.3) is 11.4 Å². The lowest BCUT2D eigenvalue weighted by molar-refractivity contribution is 0.305. The highest BCUT2D eigenvalue weighted by Crippen LogP contribution is 2.50. The predicted molar refractivity (Wildman–Crippen MR) is 234 cm³/mol. The van der Waals surface area contributed by atoms with Crippen LogP contribution in [-0.4, -0.2) is 13.2 Å². The van der Waals surface area contributed by atoms with Crippen LogP contribution in [0.15, 0.2) is 47.8 Å². The van der Waals surface area contributed by atoms with Crippen molar-refractivity contribution in [2.24, 2.45) is 0 Å².